The van der Waals surface area contributed by atoms with E-state index in [2.05, 4.69) is 20.8 Å². The van der Waals surface area contributed by atoms with Crippen LogP contribution in [0.3, 0.4) is 0 Å². The van der Waals surface area contributed by atoms with Crippen LogP contribution in [0, 0.1) is 0 Å². The smallest absolute Gasteiger partial charge is 0.236 e. The molecule has 1 unspecified atom stereocenters. The molecule has 1 amide bonds. The lowest BCUT2D eigenvalue weighted by atomic mass is 10.3. The number of methoxy groups -OCH3 is 1. The Morgan fingerprint density at radius 2 is 2.12 bits per heavy atom. The lowest BCUT2D eigenvalue weighted by molar-refractivity contribution is -0.130. The Kier molecular flexibility index (Phi) is 7.08. The number of carbonyl (C=O) groups is 1. The molecule has 0 aromatic rings. The van der Waals surface area contributed by atoms with Crippen LogP contribution in [-0.4, -0.2) is 67.0 Å². The summed E-state index contributed by atoms with van der Waals surface area (Å²) in [5.41, 5.74) is 0. The molecule has 1 fully saturated rings. The minimum absolute atomic E-state index is 0.0203. The molecule has 17 heavy (non-hydrogen) atoms. The summed E-state index contributed by atoms with van der Waals surface area (Å²) >= 11 is 3.44. The van der Waals surface area contributed by atoms with E-state index in [1.807, 2.05) is 11.8 Å². The first-order valence-corrected chi connectivity index (χ1v) is 7.24. The highest BCUT2D eigenvalue weighted by molar-refractivity contribution is 9.10. The average Bonchev–Trinajstić information content (AvgIpc) is 2.59. The van der Waals surface area contributed by atoms with E-state index < -0.39 is 0 Å². The molecular weight excluding hydrogens is 284 g/mol. The van der Waals surface area contributed by atoms with E-state index in [0.717, 1.165) is 52.2 Å². The van der Waals surface area contributed by atoms with E-state index in [-0.39, 0.29) is 10.7 Å². The molecule has 1 aliphatic rings. The van der Waals surface area contributed by atoms with E-state index in [4.69, 9.17) is 4.74 Å². The van der Waals surface area contributed by atoms with E-state index in [1.165, 1.54) is 0 Å². The van der Waals surface area contributed by atoms with Gasteiger partial charge in [-0.1, -0.05) is 22.9 Å². The van der Waals surface area contributed by atoms with Crippen LogP contribution < -0.4 is 0 Å². The summed E-state index contributed by atoms with van der Waals surface area (Å²) in [6.07, 6.45) is 1.90. The summed E-state index contributed by atoms with van der Waals surface area (Å²) in [4.78, 5) is 16.4. The molecular formula is C12H23BrN2O2. The highest BCUT2D eigenvalue weighted by Gasteiger charge is 2.22. The van der Waals surface area contributed by atoms with Crippen molar-refractivity contribution in [2.45, 2.75) is 24.6 Å². The molecule has 0 bridgehead atoms. The van der Waals surface area contributed by atoms with Gasteiger partial charge in [-0.2, -0.15) is 0 Å². The zero-order valence-electron chi connectivity index (χ0n) is 10.8. The normalized spacial score (nSPS) is 20.1. The van der Waals surface area contributed by atoms with Crippen molar-refractivity contribution in [2.24, 2.45) is 0 Å². The number of carbonyl (C=O) groups excluding carboxylic acids is 1. The van der Waals surface area contributed by atoms with Gasteiger partial charge in [-0.15, -0.1) is 0 Å². The van der Waals surface area contributed by atoms with Gasteiger partial charge in [0, 0.05) is 33.3 Å². The van der Waals surface area contributed by atoms with Gasteiger partial charge < -0.3 is 9.64 Å². The molecule has 0 N–H and O–H groups in total. The van der Waals surface area contributed by atoms with Gasteiger partial charge in [-0.3, -0.25) is 9.69 Å². The molecule has 1 rings (SSSR count). The van der Waals surface area contributed by atoms with Crippen LogP contribution in [0.1, 0.15) is 19.8 Å². The zero-order valence-corrected chi connectivity index (χ0v) is 12.4. The van der Waals surface area contributed by atoms with Crippen LogP contribution in [-0.2, 0) is 9.53 Å². The van der Waals surface area contributed by atoms with Crippen molar-refractivity contribution >= 4 is 21.8 Å². The number of ether oxygens (including phenoxy) is 1. The lowest BCUT2D eigenvalue weighted by Crippen LogP contribution is -2.39. The number of halogens is 1. The molecule has 100 valence electrons. The monoisotopic (exact) mass is 306 g/mol. The number of rotatable bonds is 5. The molecule has 1 aliphatic heterocycles. The van der Waals surface area contributed by atoms with Gasteiger partial charge >= 0.3 is 0 Å². The Morgan fingerprint density at radius 1 is 1.35 bits per heavy atom. The standard InChI is InChI=1S/C12H23BrN2O2/c1-3-11(13)12(16)15-6-4-5-14(7-8-15)9-10-17-2/h11H,3-10H2,1-2H3. The van der Waals surface area contributed by atoms with Gasteiger partial charge in [0.1, 0.15) is 0 Å². The Balaban J connectivity index is 2.39. The van der Waals surface area contributed by atoms with Crippen LogP contribution in [0.25, 0.3) is 0 Å². The molecule has 0 saturated carbocycles. The fourth-order valence-corrected chi connectivity index (χ4v) is 2.30. The molecule has 1 saturated heterocycles. The first kappa shape index (κ1) is 14.9. The van der Waals surface area contributed by atoms with Gasteiger partial charge in [-0.05, 0) is 19.4 Å². The minimum Gasteiger partial charge on any atom is -0.383 e. The number of amides is 1. The first-order valence-electron chi connectivity index (χ1n) is 6.33. The quantitative estimate of drug-likeness (QED) is 0.719. The number of nitrogens with zero attached hydrogens (tertiary/aromatic N) is 2. The van der Waals surface area contributed by atoms with E-state index >= 15 is 0 Å². The van der Waals surface area contributed by atoms with Crippen molar-refractivity contribution in [3.05, 3.63) is 0 Å². The third-order valence-corrected chi connectivity index (χ3v) is 4.18. The Hall–Kier alpha value is -0.130. The zero-order chi connectivity index (χ0) is 12.7. The van der Waals surface area contributed by atoms with Crippen LogP contribution in [0.15, 0.2) is 0 Å². The van der Waals surface area contributed by atoms with E-state index in [9.17, 15) is 4.79 Å². The van der Waals surface area contributed by atoms with Crippen molar-refractivity contribution in [3.63, 3.8) is 0 Å². The number of alkyl halides is 1. The largest absolute Gasteiger partial charge is 0.383 e. The maximum Gasteiger partial charge on any atom is 0.236 e. The summed E-state index contributed by atoms with van der Waals surface area (Å²) in [5, 5.41) is 0. The number of hydrogen-bond donors (Lipinski definition) is 0. The summed E-state index contributed by atoms with van der Waals surface area (Å²) in [5.74, 6) is 0.237. The van der Waals surface area contributed by atoms with Gasteiger partial charge in [0.15, 0.2) is 0 Å². The van der Waals surface area contributed by atoms with Crippen molar-refractivity contribution in [1.29, 1.82) is 0 Å². The predicted molar refractivity (Wildman–Crippen MR) is 72.5 cm³/mol. The van der Waals surface area contributed by atoms with Gasteiger partial charge in [-0.25, -0.2) is 0 Å². The lowest BCUT2D eigenvalue weighted by Gasteiger charge is -2.23. The van der Waals surface area contributed by atoms with Gasteiger partial charge in [0.25, 0.3) is 0 Å². The van der Waals surface area contributed by atoms with Crippen molar-refractivity contribution in [3.8, 4) is 0 Å². The highest BCUT2D eigenvalue weighted by Crippen LogP contribution is 2.11. The second-order valence-electron chi connectivity index (χ2n) is 4.39. The summed E-state index contributed by atoms with van der Waals surface area (Å²) in [6.45, 7) is 7.49. The molecule has 1 atom stereocenters. The molecule has 0 aromatic heterocycles. The van der Waals surface area contributed by atoms with Crippen molar-refractivity contribution in [2.75, 3.05) is 46.4 Å². The van der Waals surface area contributed by atoms with Crippen molar-refractivity contribution in [1.82, 2.24) is 9.80 Å². The van der Waals surface area contributed by atoms with E-state index in [1.54, 1.807) is 7.11 Å². The van der Waals surface area contributed by atoms with Crippen LogP contribution in [0.2, 0.25) is 0 Å². The maximum atomic E-state index is 12.0. The molecule has 0 radical (unpaired) electrons. The fourth-order valence-electron chi connectivity index (χ4n) is 2.01. The van der Waals surface area contributed by atoms with Crippen LogP contribution in [0.4, 0.5) is 0 Å². The molecule has 5 heteroatoms. The minimum atomic E-state index is -0.0203. The highest BCUT2D eigenvalue weighted by atomic mass is 79.9. The third kappa shape index (κ3) is 4.94. The topological polar surface area (TPSA) is 32.8 Å². The summed E-state index contributed by atoms with van der Waals surface area (Å²) < 4.78 is 5.09. The second-order valence-corrected chi connectivity index (χ2v) is 5.49. The molecule has 0 aromatic carbocycles. The summed E-state index contributed by atoms with van der Waals surface area (Å²) in [6, 6.07) is 0. The maximum absolute atomic E-state index is 12.0. The average molecular weight is 307 g/mol. The third-order valence-electron chi connectivity index (χ3n) is 3.14. The molecule has 4 nitrogen and oxygen atoms in total. The predicted octanol–water partition coefficient (Wildman–Crippen LogP) is 1.34. The first-order chi connectivity index (χ1) is 8.19. The second kappa shape index (κ2) is 8.06. The molecule has 1 heterocycles. The Morgan fingerprint density at radius 3 is 2.76 bits per heavy atom. The summed E-state index contributed by atoms with van der Waals surface area (Å²) in [7, 11) is 1.73. The Labute approximate surface area is 112 Å². The van der Waals surface area contributed by atoms with Crippen molar-refractivity contribution < 1.29 is 9.53 Å². The number of hydrogen-bond acceptors (Lipinski definition) is 3. The Bertz CT molecular complexity index is 239. The fraction of sp³-hybridized carbons (Fsp3) is 0.917. The van der Waals surface area contributed by atoms with Crippen LogP contribution >= 0.6 is 15.9 Å². The molecule has 0 aliphatic carbocycles. The van der Waals surface area contributed by atoms with Gasteiger partial charge in [0.2, 0.25) is 5.91 Å². The van der Waals surface area contributed by atoms with Crippen LogP contribution in [0.5, 0.6) is 0 Å². The molecule has 0 spiro atoms. The van der Waals surface area contributed by atoms with E-state index in [0.29, 0.717) is 0 Å². The SMILES string of the molecule is CCC(Br)C(=O)N1CCCN(CCOC)CC1. The van der Waals surface area contributed by atoms with Gasteiger partial charge in [0.05, 0.1) is 11.4 Å².